The average Bonchev–Trinajstić information content (AvgIpc) is 3.51. The lowest BCUT2D eigenvalue weighted by molar-refractivity contribution is 0.840. The maximum absolute atomic E-state index is 5.18. The Morgan fingerprint density at radius 1 is 0.636 bits per heavy atom. The third-order valence-corrected chi connectivity index (χ3v) is 8.05. The second kappa shape index (κ2) is 12.1. The number of rotatable bonds is 7. The van der Waals surface area contributed by atoms with E-state index in [9.17, 15) is 0 Å². The highest BCUT2D eigenvalue weighted by Gasteiger charge is 2.21. The molecule has 0 saturated heterocycles. The van der Waals surface area contributed by atoms with Gasteiger partial charge in [0, 0.05) is 28.3 Å². The topological polar surface area (TPSA) is 60.9 Å². The third kappa shape index (κ3) is 5.09. The zero-order valence-corrected chi connectivity index (χ0v) is 26.1. The van der Waals surface area contributed by atoms with E-state index in [2.05, 4.69) is 108 Å². The summed E-state index contributed by atoms with van der Waals surface area (Å²) < 4.78 is 4.28. The van der Waals surface area contributed by atoms with Crippen LogP contribution in [0.3, 0.4) is 0 Å². The van der Waals surface area contributed by atoms with E-state index in [4.69, 9.17) is 19.9 Å². The Morgan fingerprint density at radius 2 is 1.14 bits per heavy atom. The smallest absolute Gasteiger partial charge is 0.240 e. The average molecular weight is 577 g/mol. The number of benzene rings is 3. The normalized spacial score (nSPS) is 12.9. The van der Waals surface area contributed by atoms with Crippen LogP contribution in [0.5, 0.6) is 0 Å². The van der Waals surface area contributed by atoms with E-state index in [1.54, 1.807) is 0 Å². The van der Waals surface area contributed by atoms with Crippen molar-refractivity contribution in [3.63, 3.8) is 0 Å². The lowest BCUT2D eigenvalue weighted by Crippen LogP contribution is -2.13. The summed E-state index contributed by atoms with van der Waals surface area (Å²) in [4.78, 5) is 20.2. The minimum absolute atomic E-state index is 0.556. The van der Waals surface area contributed by atoms with Gasteiger partial charge in [-0.15, -0.1) is 0 Å². The van der Waals surface area contributed by atoms with Crippen molar-refractivity contribution in [2.24, 2.45) is 4.99 Å². The molecule has 6 heteroatoms. The Hall–Kier alpha value is -5.36. The van der Waals surface area contributed by atoms with E-state index in [0.717, 1.165) is 50.0 Å². The highest BCUT2D eigenvalue weighted by Crippen LogP contribution is 2.32. The molecule has 0 aliphatic rings. The van der Waals surface area contributed by atoms with Crippen LogP contribution in [0.25, 0.3) is 51.4 Å². The monoisotopic (exact) mass is 576 g/mol. The standard InChI is InChI=1S/C38H36N6/c1-7-16-32-26(4)27(5)33(17-8-2)43(32)37-40-36(25(3)24-39-28(6)29-18-10-9-11-19-29)41-38(42-37)44-34-22-14-12-20-30(34)31-21-13-15-23-35(31)44/h7-24H,1-6H3/b16-7-,17-8-,25-24+,39-28?. The first-order chi connectivity index (χ1) is 21.4. The summed E-state index contributed by atoms with van der Waals surface area (Å²) in [6.07, 6.45) is 10.2. The van der Waals surface area contributed by atoms with Gasteiger partial charge in [-0.25, -0.2) is 0 Å². The number of aliphatic imine (C=N–C) groups is 1. The first-order valence-electron chi connectivity index (χ1n) is 14.9. The molecule has 3 heterocycles. The molecule has 44 heavy (non-hydrogen) atoms. The number of fused-ring (bicyclic) bond motifs is 3. The van der Waals surface area contributed by atoms with Crippen LogP contribution in [0.1, 0.15) is 61.6 Å². The number of hydrogen-bond donors (Lipinski definition) is 0. The van der Waals surface area contributed by atoms with E-state index in [-0.39, 0.29) is 0 Å². The Balaban J connectivity index is 1.65. The molecule has 6 rings (SSSR count). The molecule has 218 valence electrons. The first-order valence-corrected chi connectivity index (χ1v) is 14.9. The quantitative estimate of drug-likeness (QED) is 0.178. The Morgan fingerprint density at radius 3 is 1.68 bits per heavy atom. The highest BCUT2D eigenvalue weighted by atomic mass is 15.3. The van der Waals surface area contributed by atoms with E-state index in [1.807, 2.05) is 52.1 Å². The van der Waals surface area contributed by atoms with Gasteiger partial charge < -0.3 is 0 Å². The predicted octanol–water partition coefficient (Wildman–Crippen LogP) is 9.31. The fourth-order valence-corrected chi connectivity index (χ4v) is 5.65. The predicted molar refractivity (Wildman–Crippen MR) is 185 cm³/mol. The summed E-state index contributed by atoms with van der Waals surface area (Å²) in [6, 6.07) is 27.0. The summed E-state index contributed by atoms with van der Waals surface area (Å²) in [5, 5.41) is 2.30. The fourth-order valence-electron chi connectivity index (χ4n) is 5.65. The SMILES string of the molecule is C/C=C\c1c(C)c(C)c(/C=C\C)n1-c1nc(/C(C)=C/N=C(C)c2ccccc2)nc(-n2c3ccccc3c3ccccc32)n1. The molecule has 0 spiro atoms. The largest absolute Gasteiger partial charge is 0.278 e. The molecule has 6 nitrogen and oxygen atoms in total. The van der Waals surface area contributed by atoms with Crippen LogP contribution in [-0.2, 0) is 0 Å². The van der Waals surface area contributed by atoms with Crippen molar-refractivity contribution in [3.8, 4) is 11.9 Å². The lowest BCUT2D eigenvalue weighted by atomic mass is 10.1. The third-order valence-electron chi connectivity index (χ3n) is 8.05. The molecule has 0 aliphatic carbocycles. The summed E-state index contributed by atoms with van der Waals surface area (Å²) in [5.41, 5.74) is 9.38. The van der Waals surface area contributed by atoms with Gasteiger partial charge in [-0.05, 0) is 82.5 Å². The van der Waals surface area contributed by atoms with Crippen molar-refractivity contribution in [1.82, 2.24) is 24.1 Å². The molecular formula is C38H36N6. The molecule has 0 saturated carbocycles. The van der Waals surface area contributed by atoms with Crippen LogP contribution in [0, 0.1) is 13.8 Å². The van der Waals surface area contributed by atoms with Crippen LogP contribution in [0.2, 0.25) is 0 Å². The van der Waals surface area contributed by atoms with Gasteiger partial charge in [0.2, 0.25) is 11.9 Å². The van der Waals surface area contributed by atoms with Gasteiger partial charge in [0.05, 0.1) is 22.4 Å². The van der Waals surface area contributed by atoms with Gasteiger partial charge in [0.15, 0.2) is 5.82 Å². The van der Waals surface area contributed by atoms with Crippen molar-refractivity contribution < 1.29 is 0 Å². The molecule has 0 atom stereocenters. The Bertz CT molecular complexity index is 2030. The maximum Gasteiger partial charge on any atom is 0.240 e. The zero-order valence-electron chi connectivity index (χ0n) is 26.1. The molecule has 0 aliphatic heterocycles. The molecule has 0 N–H and O–H groups in total. The van der Waals surface area contributed by atoms with Crippen molar-refractivity contribution in [2.45, 2.75) is 41.5 Å². The summed E-state index contributed by atoms with van der Waals surface area (Å²) in [6.45, 7) is 12.4. The Labute approximate surface area is 258 Å². The molecule has 0 unspecified atom stereocenters. The molecule has 0 fully saturated rings. The van der Waals surface area contributed by atoms with Crippen molar-refractivity contribution in [2.75, 3.05) is 0 Å². The first kappa shape index (κ1) is 28.7. The van der Waals surface area contributed by atoms with Gasteiger partial charge >= 0.3 is 0 Å². The molecule has 0 amide bonds. The van der Waals surface area contributed by atoms with E-state index >= 15 is 0 Å². The maximum atomic E-state index is 5.18. The molecule has 6 aromatic rings. The van der Waals surface area contributed by atoms with Crippen LogP contribution >= 0.6 is 0 Å². The van der Waals surface area contributed by atoms with Gasteiger partial charge in [-0.3, -0.25) is 14.1 Å². The minimum Gasteiger partial charge on any atom is -0.278 e. The number of hydrogen-bond acceptors (Lipinski definition) is 4. The molecule has 0 bridgehead atoms. The summed E-state index contributed by atoms with van der Waals surface area (Å²) in [7, 11) is 0. The van der Waals surface area contributed by atoms with E-state index in [0.29, 0.717) is 17.7 Å². The zero-order chi connectivity index (χ0) is 30.8. The van der Waals surface area contributed by atoms with Crippen molar-refractivity contribution >= 4 is 45.2 Å². The summed E-state index contributed by atoms with van der Waals surface area (Å²) >= 11 is 0. The van der Waals surface area contributed by atoms with Gasteiger partial charge in [-0.2, -0.15) is 15.0 Å². The van der Waals surface area contributed by atoms with Crippen molar-refractivity contribution in [1.29, 1.82) is 0 Å². The minimum atomic E-state index is 0.556. The number of allylic oxidation sites excluding steroid dienone is 3. The highest BCUT2D eigenvalue weighted by molar-refractivity contribution is 6.09. The fraction of sp³-hybridized carbons (Fsp3) is 0.158. The van der Waals surface area contributed by atoms with Crippen LogP contribution in [0.15, 0.2) is 102 Å². The van der Waals surface area contributed by atoms with E-state index < -0.39 is 0 Å². The molecule has 0 radical (unpaired) electrons. The number of aromatic nitrogens is 5. The Kier molecular flexibility index (Phi) is 7.90. The van der Waals surface area contributed by atoms with Gasteiger partial charge in [0.25, 0.3) is 0 Å². The van der Waals surface area contributed by atoms with Crippen LogP contribution in [-0.4, -0.2) is 29.8 Å². The van der Waals surface area contributed by atoms with Gasteiger partial charge in [-0.1, -0.05) is 78.9 Å². The summed E-state index contributed by atoms with van der Waals surface area (Å²) in [5.74, 6) is 1.68. The molecule has 3 aromatic carbocycles. The molecule has 3 aromatic heterocycles. The van der Waals surface area contributed by atoms with E-state index in [1.165, 1.54) is 11.1 Å². The van der Waals surface area contributed by atoms with Crippen LogP contribution in [0.4, 0.5) is 0 Å². The second-order valence-electron chi connectivity index (χ2n) is 10.9. The second-order valence-corrected chi connectivity index (χ2v) is 10.9. The number of para-hydroxylation sites is 2. The van der Waals surface area contributed by atoms with Gasteiger partial charge in [0.1, 0.15) is 0 Å². The van der Waals surface area contributed by atoms with Crippen LogP contribution < -0.4 is 0 Å². The number of nitrogens with zero attached hydrogens (tertiary/aromatic N) is 6. The lowest BCUT2D eigenvalue weighted by Gasteiger charge is -2.14. The molecular weight excluding hydrogens is 540 g/mol. The van der Waals surface area contributed by atoms with Crippen molar-refractivity contribution in [3.05, 3.63) is 131 Å².